The Hall–Kier alpha value is -2.21. The first kappa shape index (κ1) is 17.6. The van der Waals surface area contributed by atoms with Crippen LogP contribution in [0.1, 0.15) is 49.2 Å². The first-order valence-electron chi connectivity index (χ1n) is 8.48. The van der Waals surface area contributed by atoms with Crippen molar-refractivity contribution in [1.29, 1.82) is 0 Å². The average molecular weight is 358 g/mol. The molecule has 0 saturated carbocycles. The third-order valence-electron chi connectivity index (χ3n) is 4.88. The number of hydrogen-bond donors (Lipinski definition) is 1. The van der Waals surface area contributed by atoms with E-state index in [-0.39, 0.29) is 11.9 Å². The fourth-order valence-corrected chi connectivity index (χ4v) is 4.02. The van der Waals surface area contributed by atoms with Crippen molar-refractivity contribution in [2.24, 2.45) is 5.92 Å². The van der Waals surface area contributed by atoms with Crippen molar-refractivity contribution in [3.05, 3.63) is 40.9 Å². The van der Waals surface area contributed by atoms with E-state index in [4.69, 9.17) is 0 Å². The third kappa shape index (κ3) is 3.44. The van der Waals surface area contributed by atoms with Gasteiger partial charge in [-0.1, -0.05) is 38.1 Å². The van der Waals surface area contributed by atoms with Crippen LogP contribution < -0.4 is 0 Å². The summed E-state index contributed by atoms with van der Waals surface area (Å²) in [6, 6.07) is 7.93. The Balaban J connectivity index is 1.77. The van der Waals surface area contributed by atoms with Gasteiger partial charge in [-0.25, -0.2) is 4.98 Å². The number of nitrogens with zero attached hydrogens (tertiary/aromatic N) is 2. The molecule has 6 heteroatoms. The molecule has 0 bridgehead atoms. The zero-order valence-corrected chi connectivity index (χ0v) is 15.4. The molecule has 25 heavy (non-hydrogen) atoms. The molecular formula is C19H22N2O3S. The lowest BCUT2D eigenvalue weighted by molar-refractivity contribution is -0.142. The molecule has 132 valence electrons. The topological polar surface area (TPSA) is 70.5 Å². The molecule has 1 amide bonds. The second kappa shape index (κ2) is 6.96. The molecule has 2 unspecified atom stereocenters. The van der Waals surface area contributed by atoms with Crippen LogP contribution in [0.25, 0.3) is 10.6 Å². The van der Waals surface area contributed by atoms with Crippen LogP contribution in [-0.2, 0) is 4.79 Å². The fourth-order valence-electron chi connectivity index (χ4n) is 3.22. The Morgan fingerprint density at radius 1 is 1.28 bits per heavy atom. The van der Waals surface area contributed by atoms with Crippen LogP contribution in [0.15, 0.2) is 29.6 Å². The molecule has 2 aromatic rings. The summed E-state index contributed by atoms with van der Waals surface area (Å²) in [5.74, 6) is -1.04. The molecule has 5 nitrogen and oxygen atoms in total. The number of carboxylic acids is 1. The Morgan fingerprint density at radius 2 is 1.96 bits per heavy atom. The van der Waals surface area contributed by atoms with Crippen LogP contribution in [0.3, 0.4) is 0 Å². The van der Waals surface area contributed by atoms with Crippen molar-refractivity contribution in [1.82, 2.24) is 9.88 Å². The zero-order valence-electron chi connectivity index (χ0n) is 14.6. The van der Waals surface area contributed by atoms with Crippen molar-refractivity contribution in [2.75, 3.05) is 6.54 Å². The normalized spacial score (nSPS) is 20.2. The van der Waals surface area contributed by atoms with Gasteiger partial charge in [-0.15, -0.1) is 11.3 Å². The summed E-state index contributed by atoms with van der Waals surface area (Å²) in [7, 11) is 0. The summed E-state index contributed by atoms with van der Waals surface area (Å²) in [6.07, 6.45) is 0.496. The maximum atomic E-state index is 12.7. The van der Waals surface area contributed by atoms with Crippen LogP contribution >= 0.6 is 11.3 Å². The van der Waals surface area contributed by atoms with E-state index >= 15 is 0 Å². The highest BCUT2D eigenvalue weighted by atomic mass is 32.1. The van der Waals surface area contributed by atoms with Gasteiger partial charge in [-0.2, -0.15) is 0 Å². The molecule has 3 rings (SSSR count). The SMILES string of the molecule is CC(C)c1ccc(-c2nc(C(=O)N3CCC(C(=O)O)C3C)cs2)cc1. The average Bonchev–Trinajstić information content (AvgIpc) is 3.21. The van der Waals surface area contributed by atoms with Gasteiger partial charge < -0.3 is 10.0 Å². The second-order valence-electron chi connectivity index (χ2n) is 6.79. The lowest BCUT2D eigenvalue weighted by atomic mass is 10.0. The van der Waals surface area contributed by atoms with Crippen LogP contribution in [0.2, 0.25) is 0 Å². The molecule has 0 radical (unpaired) electrons. The number of thiazole rings is 1. The summed E-state index contributed by atoms with van der Waals surface area (Å²) in [6.45, 7) is 6.56. The number of carbonyl (C=O) groups excluding carboxylic acids is 1. The van der Waals surface area contributed by atoms with E-state index in [1.165, 1.54) is 16.9 Å². The zero-order chi connectivity index (χ0) is 18.1. The second-order valence-corrected chi connectivity index (χ2v) is 7.65. The number of carbonyl (C=O) groups is 2. The smallest absolute Gasteiger partial charge is 0.308 e. The van der Waals surface area contributed by atoms with E-state index in [1.54, 1.807) is 17.2 Å². The van der Waals surface area contributed by atoms with E-state index < -0.39 is 11.9 Å². The van der Waals surface area contributed by atoms with Gasteiger partial charge in [0.15, 0.2) is 0 Å². The number of rotatable bonds is 4. The first-order valence-corrected chi connectivity index (χ1v) is 9.36. The lowest BCUT2D eigenvalue weighted by Gasteiger charge is -2.22. The minimum Gasteiger partial charge on any atom is -0.481 e. The number of aromatic nitrogens is 1. The van der Waals surface area contributed by atoms with E-state index in [2.05, 4.69) is 31.0 Å². The number of carboxylic acid groups (broad SMARTS) is 1. The van der Waals surface area contributed by atoms with Gasteiger partial charge in [-0.3, -0.25) is 9.59 Å². The van der Waals surface area contributed by atoms with E-state index in [0.717, 1.165) is 10.6 Å². The number of hydrogen-bond acceptors (Lipinski definition) is 4. The van der Waals surface area contributed by atoms with Crippen molar-refractivity contribution < 1.29 is 14.7 Å². The Morgan fingerprint density at radius 3 is 2.52 bits per heavy atom. The number of likely N-dealkylation sites (tertiary alicyclic amines) is 1. The summed E-state index contributed by atoms with van der Waals surface area (Å²) in [4.78, 5) is 30.0. The van der Waals surface area contributed by atoms with E-state index in [9.17, 15) is 14.7 Å². The fraction of sp³-hybridized carbons (Fsp3) is 0.421. The predicted octanol–water partition coefficient (Wildman–Crippen LogP) is 3.87. The highest BCUT2D eigenvalue weighted by Gasteiger charge is 2.38. The van der Waals surface area contributed by atoms with E-state index in [1.807, 2.05) is 12.1 Å². The van der Waals surface area contributed by atoms with Crippen molar-refractivity contribution in [3.63, 3.8) is 0 Å². The molecule has 2 heterocycles. The van der Waals surface area contributed by atoms with Crippen LogP contribution in [0.5, 0.6) is 0 Å². The highest BCUT2D eigenvalue weighted by Crippen LogP contribution is 2.29. The lowest BCUT2D eigenvalue weighted by Crippen LogP contribution is -2.37. The van der Waals surface area contributed by atoms with Crippen LogP contribution in [0, 0.1) is 5.92 Å². The molecule has 2 atom stereocenters. The molecule has 1 aliphatic rings. The summed E-state index contributed by atoms with van der Waals surface area (Å²) in [5.41, 5.74) is 2.65. The minimum atomic E-state index is -0.841. The molecule has 1 saturated heterocycles. The standard InChI is InChI=1S/C19H22N2O3S/c1-11(2)13-4-6-14(7-5-13)17-20-16(10-25-17)18(22)21-9-8-15(12(21)3)19(23)24/h4-7,10-12,15H,8-9H2,1-3H3,(H,23,24). The Bertz CT molecular complexity index is 782. The Kier molecular flexibility index (Phi) is 4.90. The molecule has 1 aromatic heterocycles. The van der Waals surface area contributed by atoms with Crippen molar-refractivity contribution >= 4 is 23.2 Å². The first-order chi connectivity index (χ1) is 11.9. The monoisotopic (exact) mass is 358 g/mol. The van der Waals surface area contributed by atoms with Gasteiger partial charge in [0.2, 0.25) is 0 Å². The summed E-state index contributed by atoms with van der Waals surface area (Å²) < 4.78 is 0. The van der Waals surface area contributed by atoms with Gasteiger partial charge in [0.25, 0.3) is 5.91 Å². The van der Waals surface area contributed by atoms with Gasteiger partial charge in [0.1, 0.15) is 10.7 Å². The summed E-state index contributed by atoms with van der Waals surface area (Å²) >= 11 is 1.44. The molecular weight excluding hydrogens is 336 g/mol. The molecule has 0 aliphatic carbocycles. The molecule has 1 aliphatic heterocycles. The van der Waals surface area contributed by atoms with Gasteiger partial charge in [0, 0.05) is 23.5 Å². The maximum absolute atomic E-state index is 12.7. The Labute approximate surface area is 151 Å². The minimum absolute atomic E-state index is 0.183. The summed E-state index contributed by atoms with van der Waals surface area (Å²) in [5, 5.41) is 11.8. The van der Waals surface area contributed by atoms with E-state index in [0.29, 0.717) is 24.6 Å². The van der Waals surface area contributed by atoms with Crippen molar-refractivity contribution in [2.45, 2.75) is 39.2 Å². The van der Waals surface area contributed by atoms with Gasteiger partial charge in [0.05, 0.1) is 5.92 Å². The predicted molar refractivity (Wildman–Crippen MR) is 97.9 cm³/mol. The van der Waals surface area contributed by atoms with Gasteiger partial charge in [-0.05, 0) is 24.8 Å². The number of aliphatic carboxylic acids is 1. The number of amides is 1. The molecule has 0 spiro atoms. The van der Waals surface area contributed by atoms with Gasteiger partial charge >= 0.3 is 5.97 Å². The highest BCUT2D eigenvalue weighted by molar-refractivity contribution is 7.13. The maximum Gasteiger partial charge on any atom is 0.308 e. The molecule has 1 N–H and O–H groups in total. The number of benzene rings is 1. The van der Waals surface area contributed by atoms with Crippen molar-refractivity contribution in [3.8, 4) is 10.6 Å². The largest absolute Gasteiger partial charge is 0.481 e. The molecule has 1 fully saturated rings. The quantitative estimate of drug-likeness (QED) is 0.901. The third-order valence-corrected chi connectivity index (χ3v) is 5.77. The van der Waals surface area contributed by atoms with Crippen LogP contribution in [-0.4, -0.2) is 39.5 Å². The molecule has 1 aromatic carbocycles. The van der Waals surface area contributed by atoms with Crippen LogP contribution in [0.4, 0.5) is 0 Å².